The molecule has 0 radical (unpaired) electrons. The fraction of sp³-hybridized carbons (Fsp3) is 0.238. The monoisotopic (exact) mass is 433 g/mol. The molecule has 0 spiro atoms. The quantitative estimate of drug-likeness (QED) is 0.391. The van der Waals surface area contributed by atoms with E-state index < -0.39 is 11.6 Å². The largest absolute Gasteiger partial charge is 0.493 e. The van der Waals surface area contributed by atoms with Crippen LogP contribution >= 0.6 is 22.9 Å². The second kappa shape index (κ2) is 8.08. The maximum atomic E-state index is 13.4. The van der Waals surface area contributed by atoms with Crippen LogP contribution in [0.1, 0.15) is 24.4 Å². The van der Waals surface area contributed by atoms with E-state index >= 15 is 0 Å². The van der Waals surface area contributed by atoms with Crippen LogP contribution in [0.4, 0.5) is 8.78 Å². The van der Waals surface area contributed by atoms with Crippen LogP contribution in [0.25, 0.3) is 22.6 Å². The molecule has 4 rings (SSSR count). The van der Waals surface area contributed by atoms with Crippen molar-refractivity contribution in [1.29, 1.82) is 0 Å². The van der Waals surface area contributed by atoms with Crippen LogP contribution in [0.5, 0.6) is 5.75 Å². The Balaban J connectivity index is 1.59. The fourth-order valence-electron chi connectivity index (χ4n) is 2.87. The summed E-state index contributed by atoms with van der Waals surface area (Å²) in [5.41, 5.74) is 2.35. The molecule has 0 unspecified atom stereocenters. The summed E-state index contributed by atoms with van der Waals surface area (Å²) < 4.78 is 32.8. The molecule has 2 heterocycles. The summed E-state index contributed by atoms with van der Waals surface area (Å²) in [5.74, 6) is -0.178. The Morgan fingerprint density at radius 2 is 1.93 bits per heavy atom. The van der Waals surface area contributed by atoms with Gasteiger partial charge in [0.15, 0.2) is 17.5 Å². The summed E-state index contributed by atoms with van der Waals surface area (Å²) in [5, 5.41) is 3.35. The van der Waals surface area contributed by atoms with Crippen LogP contribution in [0.3, 0.4) is 0 Å². The third-order valence-corrected chi connectivity index (χ3v) is 5.34. The first-order chi connectivity index (χ1) is 13.9. The van der Waals surface area contributed by atoms with Gasteiger partial charge in [0.2, 0.25) is 0 Å². The first-order valence-electron chi connectivity index (χ1n) is 9.10. The Kier molecular flexibility index (Phi) is 5.52. The molecule has 4 nitrogen and oxygen atoms in total. The smallest absolute Gasteiger partial charge is 0.161 e. The van der Waals surface area contributed by atoms with E-state index in [1.54, 1.807) is 6.07 Å². The second-order valence-corrected chi connectivity index (χ2v) is 8.51. The maximum absolute atomic E-state index is 13.4. The SMILES string of the molecule is CC(C)COc1ccc(Cl)cc1Cc1nc(-c2nc3cc(F)c(F)cc3[nH]2)cs1. The lowest BCUT2D eigenvalue weighted by Gasteiger charge is -2.13. The minimum Gasteiger partial charge on any atom is -0.493 e. The van der Waals surface area contributed by atoms with Gasteiger partial charge in [-0.3, -0.25) is 0 Å². The lowest BCUT2D eigenvalue weighted by atomic mass is 10.1. The predicted octanol–water partition coefficient (Wildman–Crippen LogP) is 6.24. The topological polar surface area (TPSA) is 50.8 Å². The Bertz CT molecular complexity index is 1130. The number of ether oxygens (including phenoxy) is 1. The minimum atomic E-state index is -0.926. The third kappa shape index (κ3) is 4.41. The number of hydrogen-bond donors (Lipinski definition) is 1. The summed E-state index contributed by atoms with van der Waals surface area (Å²) >= 11 is 7.65. The number of hydrogen-bond acceptors (Lipinski definition) is 4. The van der Waals surface area contributed by atoms with Crippen molar-refractivity contribution in [1.82, 2.24) is 15.0 Å². The molecule has 0 bridgehead atoms. The van der Waals surface area contributed by atoms with Crippen molar-refractivity contribution in [2.45, 2.75) is 20.3 Å². The lowest BCUT2D eigenvalue weighted by molar-refractivity contribution is 0.269. The predicted molar refractivity (Wildman–Crippen MR) is 112 cm³/mol. The van der Waals surface area contributed by atoms with E-state index in [1.807, 2.05) is 17.5 Å². The average molecular weight is 434 g/mol. The standard InChI is InChI=1S/C21H18ClF2N3OS/c1-11(2)9-28-19-4-3-13(22)5-12(19)6-20-25-18(10-29-20)21-26-16-7-14(23)15(24)8-17(16)27-21/h3-5,7-8,10-11H,6,9H2,1-2H3,(H,26,27). The van der Waals surface area contributed by atoms with Crippen molar-refractivity contribution in [2.75, 3.05) is 6.61 Å². The number of imidazole rings is 1. The van der Waals surface area contributed by atoms with Gasteiger partial charge in [-0.15, -0.1) is 11.3 Å². The molecule has 8 heteroatoms. The van der Waals surface area contributed by atoms with Gasteiger partial charge >= 0.3 is 0 Å². The van der Waals surface area contributed by atoms with Gasteiger partial charge < -0.3 is 9.72 Å². The number of aromatic amines is 1. The van der Waals surface area contributed by atoms with Gasteiger partial charge in [-0.05, 0) is 24.1 Å². The molecular formula is C21H18ClF2N3OS. The molecule has 4 aromatic rings. The average Bonchev–Trinajstić information content (AvgIpc) is 3.28. The van der Waals surface area contributed by atoms with Crippen LogP contribution in [0.15, 0.2) is 35.7 Å². The highest BCUT2D eigenvalue weighted by molar-refractivity contribution is 7.10. The number of halogens is 3. The molecule has 29 heavy (non-hydrogen) atoms. The van der Waals surface area contributed by atoms with Crippen molar-refractivity contribution in [3.8, 4) is 17.3 Å². The zero-order valence-electron chi connectivity index (χ0n) is 15.8. The number of fused-ring (bicyclic) bond motifs is 1. The number of aromatic nitrogens is 3. The zero-order chi connectivity index (χ0) is 20.5. The van der Waals surface area contributed by atoms with E-state index in [-0.39, 0.29) is 0 Å². The molecule has 0 aliphatic heterocycles. The van der Waals surface area contributed by atoms with Crippen molar-refractivity contribution in [2.24, 2.45) is 5.92 Å². The van der Waals surface area contributed by atoms with E-state index in [0.29, 0.717) is 46.5 Å². The summed E-state index contributed by atoms with van der Waals surface area (Å²) in [7, 11) is 0. The first kappa shape index (κ1) is 19.8. The van der Waals surface area contributed by atoms with Gasteiger partial charge in [-0.25, -0.2) is 18.7 Å². The third-order valence-electron chi connectivity index (χ3n) is 4.25. The lowest BCUT2D eigenvalue weighted by Crippen LogP contribution is -2.06. The maximum Gasteiger partial charge on any atom is 0.161 e. The Morgan fingerprint density at radius 3 is 2.72 bits per heavy atom. The summed E-state index contributed by atoms with van der Waals surface area (Å²) in [6.45, 7) is 4.80. The Morgan fingerprint density at radius 1 is 1.14 bits per heavy atom. The van der Waals surface area contributed by atoms with Gasteiger partial charge in [-0.2, -0.15) is 0 Å². The Labute approximate surface area is 175 Å². The van der Waals surface area contributed by atoms with Crippen molar-refractivity contribution in [3.63, 3.8) is 0 Å². The van der Waals surface area contributed by atoms with Crippen LogP contribution in [-0.2, 0) is 6.42 Å². The molecule has 0 fully saturated rings. The number of nitrogens with one attached hydrogen (secondary N) is 1. The molecule has 0 saturated carbocycles. The minimum absolute atomic E-state index is 0.354. The molecular weight excluding hydrogens is 416 g/mol. The Hall–Kier alpha value is -2.51. The van der Waals surface area contributed by atoms with Gasteiger partial charge in [0, 0.05) is 34.5 Å². The van der Waals surface area contributed by atoms with Crippen LogP contribution in [-0.4, -0.2) is 21.6 Å². The highest BCUT2D eigenvalue weighted by Crippen LogP contribution is 2.29. The first-order valence-corrected chi connectivity index (χ1v) is 10.4. The highest BCUT2D eigenvalue weighted by atomic mass is 35.5. The van der Waals surface area contributed by atoms with Gasteiger partial charge in [-0.1, -0.05) is 25.4 Å². The van der Waals surface area contributed by atoms with Crippen LogP contribution in [0, 0.1) is 17.6 Å². The molecule has 0 aliphatic carbocycles. The van der Waals surface area contributed by atoms with E-state index in [0.717, 1.165) is 28.5 Å². The molecule has 2 aromatic heterocycles. The number of nitrogens with zero attached hydrogens (tertiary/aromatic N) is 2. The second-order valence-electron chi connectivity index (χ2n) is 7.13. The van der Waals surface area contributed by atoms with E-state index in [1.165, 1.54) is 11.3 Å². The highest BCUT2D eigenvalue weighted by Gasteiger charge is 2.14. The van der Waals surface area contributed by atoms with Crippen LogP contribution in [0.2, 0.25) is 5.02 Å². The molecule has 1 N–H and O–H groups in total. The molecule has 150 valence electrons. The van der Waals surface area contributed by atoms with E-state index in [4.69, 9.17) is 16.3 Å². The van der Waals surface area contributed by atoms with Crippen molar-refractivity contribution < 1.29 is 13.5 Å². The van der Waals surface area contributed by atoms with E-state index in [2.05, 4.69) is 28.8 Å². The van der Waals surface area contributed by atoms with Gasteiger partial charge in [0.1, 0.15) is 11.4 Å². The molecule has 2 aromatic carbocycles. The van der Waals surface area contributed by atoms with Crippen LogP contribution < -0.4 is 4.74 Å². The molecule has 0 atom stereocenters. The number of H-pyrrole nitrogens is 1. The fourth-order valence-corrected chi connectivity index (χ4v) is 3.87. The molecule has 0 amide bonds. The summed E-state index contributed by atoms with van der Waals surface area (Å²) in [4.78, 5) is 11.9. The molecule has 0 aliphatic rings. The summed E-state index contributed by atoms with van der Waals surface area (Å²) in [6, 6.07) is 7.73. The zero-order valence-corrected chi connectivity index (χ0v) is 17.4. The normalized spacial score (nSPS) is 11.5. The number of thiazole rings is 1. The number of benzene rings is 2. The van der Waals surface area contributed by atoms with E-state index in [9.17, 15) is 8.78 Å². The van der Waals surface area contributed by atoms with Crippen molar-refractivity contribution in [3.05, 3.63) is 62.9 Å². The van der Waals surface area contributed by atoms with Gasteiger partial charge in [0.05, 0.1) is 22.6 Å². The van der Waals surface area contributed by atoms with Gasteiger partial charge in [0.25, 0.3) is 0 Å². The number of rotatable bonds is 6. The van der Waals surface area contributed by atoms with Crippen molar-refractivity contribution >= 4 is 34.0 Å². The summed E-state index contributed by atoms with van der Waals surface area (Å²) in [6.07, 6.45) is 0.558. The molecule has 0 saturated heterocycles.